The Bertz CT molecular complexity index is 314. The van der Waals surface area contributed by atoms with E-state index in [0.717, 1.165) is 36.8 Å². The molecule has 3 N–H and O–H groups in total. The first-order valence-electron chi connectivity index (χ1n) is 4.89. The molecule has 14 heavy (non-hydrogen) atoms. The molecule has 0 unspecified atom stereocenters. The summed E-state index contributed by atoms with van der Waals surface area (Å²) in [4.78, 5) is 4.36. The lowest BCUT2D eigenvalue weighted by Gasteiger charge is -2.05. The minimum absolute atomic E-state index is 0.730. The van der Waals surface area contributed by atoms with Gasteiger partial charge in [-0.25, -0.2) is 4.98 Å². The molecule has 0 atom stereocenters. The Balaban J connectivity index is 1.98. The molecule has 2 rings (SSSR count). The fraction of sp³-hybridized carbons (Fsp3) is 0.500. The van der Waals surface area contributed by atoms with E-state index >= 15 is 0 Å². The fourth-order valence-corrected chi connectivity index (χ4v) is 2.55. The molecule has 0 bridgehead atoms. The highest BCUT2D eigenvalue weighted by atomic mass is 32.2. The first kappa shape index (κ1) is 9.80. The van der Waals surface area contributed by atoms with Gasteiger partial charge in [-0.15, -0.1) is 0 Å². The second-order valence-corrected chi connectivity index (χ2v) is 4.39. The van der Waals surface area contributed by atoms with Crippen LogP contribution in [0.25, 0.3) is 0 Å². The van der Waals surface area contributed by atoms with Gasteiger partial charge < -0.3 is 11.1 Å². The standard InChI is InChI=1S/C10H15N3S/c11-2-1-3-12-10-4-8-6-14-7-9(8)5-13-10/h4-5H,1-3,6-7,11H2,(H,12,13). The van der Waals surface area contributed by atoms with Gasteiger partial charge in [0.25, 0.3) is 0 Å². The van der Waals surface area contributed by atoms with Crippen molar-refractivity contribution in [1.29, 1.82) is 0 Å². The van der Waals surface area contributed by atoms with Crippen molar-refractivity contribution in [1.82, 2.24) is 4.98 Å². The molecule has 0 spiro atoms. The lowest BCUT2D eigenvalue weighted by Crippen LogP contribution is -2.09. The molecule has 0 amide bonds. The van der Waals surface area contributed by atoms with Crippen molar-refractivity contribution in [2.45, 2.75) is 17.9 Å². The van der Waals surface area contributed by atoms with Crippen LogP contribution in [0, 0.1) is 0 Å². The van der Waals surface area contributed by atoms with Gasteiger partial charge in [0.2, 0.25) is 0 Å². The number of nitrogens with zero attached hydrogens (tertiary/aromatic N) is 1. The third-order valence-corrected chi connectivity index (χ3v) is 3.32. The summed E-state index contributed by atoms with van der Waals surface area (Å²) in [5.41, 5.74) is 8.24. The Hall–Kier alpha value is -0.740. The average molecular weight is 209 g/mol. The van der Waals surface area contributed by atoms with E-state index in [4.69, 9.17) is 5.73 Å². The quantitative estimate of drug-likeness (QED) is 0.739. The number of nitrogens with one attached hydrogen (secondary N) is 1. The van der Waals surface area contributed by atoms with Crippen LogP contribution < -0.4 is 11.1 Å². The van der Waals surface area contributed by atoms with Crippen molar-refractivity contribution >= 4 is 17.6 Å². The van der Waals surface area contributed by atoms with E-state index in [9.17, 15) is 0 Å². The zero-order chi connectivity index (χ0) is 9.80. The molecule has 0 radical (unpaired) electrons. The van der Waals surface area contributed by atoms with E-state index in [0.29, 0.717) is 0 Å². The third-order valence-electron chi connectivity index (χ3n) is 2.29. The van der Waals surface area contributed by atoms with Crippen LogP contribution in [0.3, 0.4) is 0 Å². The van der Waals surface area contributed by atoms with Crippen LogP contribution in [0.4, 0.5) is 5.82 Å². The predicted molar refractivity (Wildman–Crippen MR) is 61.4 cm³/mol. The number of hydrogen-bond donors (Lipinski definition) is 2. The van der Waals surface area contributed by atoms with E-state index in [1.165, 1.54) is 11.1 Å². The zero-order valence-corrected chi connectivity index (χ0v) is 8.94. The molecule has 1 aliphatic rings. The number of fused-ring (bicyclic) bond motifs is 1. The summed E-state index contributed by atoms with van der Waals surface area (Å²) in [6.45, 7) is 1.64. The molecule has 1 aliphatic heterocycles. The highest BCUT2D eigenvalue weighted by molar-refractivity contribution is 7.98. The number of pyridine rings is 1. The molecule has 3 nitrogen and oxygen atoms in total. The second kappa shape index (κ2) is 4.66. The molecule has 0 saturated carbocycles. The topological polar surface area (TPSA) is 50.9 Å². The van der Waals surface area contributed by atoms with Crippen LogP contribution in [0.15, 0.2) is 12.3 Å². The van der Waals surface area contributed by atoms with Gasteiger partial charge in [0.15, 0.2) is 0 Å². The van der Waals surface area contributed by atoms with E-state index in [-0.39, 0.29) is 0 Å². The van der Waals surface area contributed by atoms with Gasteiger partial charge in [0, 0.05) is 24.2 Å². The molecule has 2 heterocycles. The minimum Gasteiger partial charge on any atom is -0.370 e. The summed E-state index contributed by atoms with van der Waals surface area (Å²) < 4.78 is 0. The van der Waals surface area contributed by atoms with Crippen molar-refractivity contribution in [3.8, 4) is 0 Å². The largest absolute Gasteiger partial charge is 0.370 e. The van der Waals surface area contributed by atoms with Crippen molar-refractivity contribution in [3.05, 3.63) is 23.4 Å². The van der Waals surface area contributed by atoms with Crippen molar-refractivity contribution < 1.29 is 0 Å². The van der Waals surface area contributed by atoms with Crippen LogP contribution >= 0.6 is 11.8 Å². The number of aromatic nitrogens is 1. The molecule has 0 saturated heterocycles. The van der Waals surface area contributed by atoms with Crippen LogP contribution in [-0.4, -0.2) is 18.1 Å². The van der Waals surface area contributed by atoms with Crippen LogP contribution in [0.1, 0.15) is 17.5 Å². The van der Waals surface area contributed by atoms with E-state index in [2.05, 4.69) is 16.4 Å². The van der Waals surface area contributed by atoms with Gasteiger partial charge in [0.05, 0.1) is 0 Å². The molecule has 1 aromatic heterocycles. The maximum atomic E-state index is 5.42. The molecule has 76 valence electrons. The van der Waals surface area contributed by atoms with Gasteiger partial charge in [-0.1, -0.05) is 0 Å². The van der Waals surface area contributed by atoms with E-state index in [1.807, 2.05) is 18.0 Å². The Kier molecular flexibility index (Phi) is 3.26. The predicted octanol–water partition coefficient (Wildman–Crippen LogP) is 1.59. The van der Waals surface area contributed by atoms with Gasteiger partial charge in [-0.05, 0) is 30.2 Å². The number of anilines is 1. The molecule has 4 heteroatoms. The molecule has 0 aromatic carbocycles. The first-order valence-corrected chi connectivity index (χ1v) is 6.05. The maximum absolute atomic E-state index is 5.42. The number of thioether (sulfide) groups is 1. The van der Waals surface area contributed by atoms with E-state index in [1.54, 1.807) is 0 Å². The number of nitrogens with two attached hydrogens (primary N) is 1. The lowest BCUT2D eigenvalue weighted by atomic mass is 10.2. The minimum atomic E-state index is 0.730. The Morgan fingerprint density at radius 1 is 1.43 bits per heavy atom. The number of hydrogen-bond acceptors (Lipinski definition) is 4. The monoisotopic (exact) mass is 209 g/mol. The van der Waals surface area contributed by atoms with Crippen molar-refractivity contribution in [3.63, 3.8) is 0 Å². The van der Waals surface area contributed by atoms with Gasteiger partial charge >= 0.3 is 0 Å². The van der Waals surface area contributed by atoms with Crippen molar-refractivity contribution in [2.75, 3.05) is 18.4 Å². The van der Waals surface area contributed by atoms with Gasteiger partial charge in [0.1, 0.15) is 5.82 Å². The Morgan fingerprint density at radius 2 is 2.29 bits per heavy atom. The molecule has 0 fully saturated rings. The smallest absolute Gasteiger partial charge is 0.126 e. The normalized spacial score (nSPS) is 14.1. The summed E-state index contributed by atoms with van der Waals surface area (Å²) >= 11 is 1.95. The Morgan fingerprint density at radius 3 is 3.14 bits per heavy atom. The highest BCUT2D eigenvalue weighted by Crippen LogP contribution is 2.30. The Labute approximate surface area is 88.5 Å². The molecule has 1 aromatic rings. The zero-order valence-electron chi connectivity index (χ0n) is 8.12. The van der Waals surface area contributed by atoms with Crippen LogP contribution in [0.2, 0.25) is 0 Å². The summed E-state index contributed by atoms with van der Waals surface area (Å²) in [5, 5.41) is 3.27. The molecular formula is C10H15N3S. The van der Waals surface area contributed by atoms with Gasteiger partial charge in [-0.2, -0.15) is 11.8 Å². The fourth-order valence-electron chi connectivity index (χ4n) is 1.48. The lowest BCUT2D eigenvalue weighted by molar-refractivity contribution is 0.869. The van der Waals surface area contributed by atoms with Crippen LogP contribution in [0.5, 0.6) is 0 Å². The molecular weight excluding hydrogens is 194 g/mol. The second-order valence-electron chi connectivity index (χ2n) is 3.40. The summed E-state index contributed by atoms with van der Waals surface area (Å²) in [6, 6.07) is 2.16. The molecule has 0 aliphatic carbocycles. The van der Waals surface area contributed by atoms with Gasteiger partial charge in [-0.3, -0.25) is 0 Å². The van der Waals surface area contributed by atoms with Crippen LogP contribution in [-0.2, 0) is 11.5 Å². The highest BCUT2D eigenvalue weighted by Gasteiger charge is 2.11. The SMILES string of the molecule is NCCCNc1cc2c(cn1)CSC2. The third kappa shape index (κ3) is 2.19. The summed E-state index contributed by atoms with van der Waals surface area (Å²) in [6.07, 6.45) is 2.98. The summed E-state index contributed by atoms with van der Waals surface area (Å²) in [7, 11) is 0. The summed E-state index contributed by atoms with van der Waals surface area (Å²) in [5.74, 6) is 3.23. The first-order chi connectivity index (χ1) is 6.90. The number of rotatable bonds is 4. The van der Waals surface area contributed by atoms with Crippen molar-refractivity contribution in [2.24, 2.45) is 5.73 Å². The maximum Gasteiger partial charge on any atom is 0.126 e. The van der Waals surface area contributed by atoms with E-state index < -0.39 is 0 Å². The average Bonchev–Trinajstić information content (AvgIpc) is 2.65.